The minimum atomic E-state index is -1.73. The molecule has 0 heterocycles. The lowest BCUT2D eigenvalue weighted by molar-refractivity contribution is -0.149. The molecular weight excluding hydrogens is 340 g/mol. The van der Waals surface area contributed by atoms with Gasteiger partial charge in [-0.1, -0.05) is 91.6 Å². The molecule has 3 nitrogen and oxygen atoms in total. The Morgan fingerprint density at radius 1 is 1.04 bits per heavy atom. The summed E-state index contributed by atoms with van der Waals surface area (Å²) in [6, 6.07) is 20.5. The Balaban J connectivity index is 2.00. The second kappa shape index (κ2) is 10.1. The van der Waals surface area contributed by atoms with Crippen molar-refractivity contribution in [1.82, 2.24) is 0 Å². The summed E-state index contributed by atoms with van der Waals surface area (Å²) >= 11 is 0. The third-order valence-electron chi connectivity index (χ3n) is 4.21. The zero-order chi connectivity index (χ0) is 18.8. The van der Waals surface area contributed by atoms with E-state index in [-0.39, 0.29) is 12.1 Å². The summed E-state index contributed by atoms with van der Waals surface area (Å²) in [4.78, 5) is 11.7. The average Bonchev–Trinajstić information content (AvgIpc) is 2.67. The van der Waals surface area contributed by atoms with Crippen molar-refractivity contribution in [2.75, 3.05) is 6.61 Å². The maximum Gasteiger partial charge on any atom is 0.306 e. The van der Waals surface area contributed by atoms with Crippen molar-refractivity contribution in [2.45, 2.75) is 39.1 Å². The molecule has 0 N–H and O–H groups in total. The van der Waals surface area contributed by atoms with E-state index in [1.54, 1.807) is 6.92 Å². The van der Waals surface area contributed by atoms with Crippen LogP contribution in [0.3, 0.4) is 0 Å². The largest absolute Gasteiger partial charge is 0.456 e. The molecule has 138 valence electrons. The summed E-state index contributed by atoms with van der Waals surface area (Å²) < 4.78 is 11.3. The molecule has 4 heteroatoms. The van der Waals surface area contributed by atoms with Crippen LogP contribution in [0.4, 0.5) is 0 Å². The van der Waals surface area contributed by atoms with Gasteiger partial charge in [0.05, 0.1) is 13.2 Å². The van der Waals surface area contributed by atoms with E-state index >= 15 is 0 Å². The van der Waals surface area contributed by atoms with E-state index < -0.39 is 8.07 Å². The number of esters is 1. The van der Waals surface area contributed by atoms with Gasteiger partial charge in [-0.05, 0) is 11.6 Å². The van der Waals surface area contributed by atoms with Crippen LogP contribution in [0.2, 0.25) is 13.1 Å². The van der Waals surface area contributed by atoms with Crippen molar-refractivity contribution in [3.63, 3.8) is 0 Å². The lowest BCUT2D eigenvalue weighted by atomic mass is 10.2. The highest BCUT2D eigenvalue weighted by atomic mass is 28.3. The molecule has 0 aromatic heterocycles. The van der Waals surface area contributed by atoms with Crippen LogP contribution in [0, 0.1) is 0 Å². The molecule has 0 aliphatic heterocycles. The molecule has 0 amide bonds. The fourth-order valence-electron chi connectivity index (χ4n) is 2.56. The second-order valence-electron chi connectivity index (χ2n) is 6.83. The molecule has 0 aliphatic carbocycles. The number of carbonyl (C=O) groups is 1. The summed E-state index contributed by atoms with van der Waals surface area (Å²) in [5.41, 5.74) is 3.33. The zero-order valence-corrected chi connectivity index (χ0v) is 16.9. The molecule has 26 heavy (non-hydrogen) atoms. The smallest absolute Gasteiger partial charge is 0.306 e. The quantitative estimate of drug-likeness (QED) is 0.491. The molecule has 0 fully saturated rings. The van der Waals surface area contributed by atoms with E-state index in [0.717, 1.165) is 5.56 Å². The maximum absolute atomic E-state index is 11.7. The van der Waals surface area contributed by atoms with E-state index in [1.165, 1.54) is 5.19 Å². The Morgan fingerprint density at radius 2 is 1.65 bits per heavy atom. The van der Waals surface area contributed by atoms with Crippen LogP contribution >= 0.6 is 0 Å². The molecule has 0 saturated carbocycles. The van der Waals surface area contributed by atoms with Gasteiger partial charge in [-0.2, -0.15) is 0 Å². The van der Waals surface area contributed by atoms with Gasteiger partial charge >= 0.3 is 5.97 Å². The molecule has 0 aliphatic rings. The van der Waals surface area contributed by atoms with Gasteiger partial charge in [-0.25, -0.2) is 0 Å². The van der Waals surface area contributed by atoms with E-state index in [2.05, 4.69) is 43.1 Å². The van der Waals surface area contributed by atoms with Gasteiger partial charge in [0.25, 0.3) is 0 Å². The molecule has 0 spiro atoms. The number of carbonyl (C=O) groups excluding carboxylic acids is 1. The van der Waals surface area contributed by atoms with Crippen molar-refractivity contribution >= 4 is 19.2 Å². The first-order valence-corrected chi connectivity index (χ1v) is 12.1. The molecule has 0 unspecified atom stereocenters. The van der Waals surface area contributed by atoms with Crippen molar-refractivity contribution < 1.29 is 14.3 Å². The first-order valence-electron chi connectivity index (χ1n) is 9.07. The Kier molecular flexibility index (Phi) is 7.82. The van der Waals surface area contributed by atoms with Crippen LogP contribution in [-0.4, -0.2) is 26.8 Å². The lowest BCUT2D eigenvalue weighted by Gasteiger charge is -2.20. The van der Waals surface area contributed by atoms with Gasteiger partial charge in [-0.3, -0.25) is 4.79 Å². The predicted molar refractivity (Wildman–Crippen MR) is 109 cm³/mol. The van der Waals surface area contributed by atoms with Gasteiger partial charge in [0.2, 0.25) is 0 Å². The monoisotopic (exact) mass is 368 g/mol. The standard InChI is InChI=1S/C22H28O3Si/c1-4-22(23)25-20(18-24-17-19-11-7-5-8-12-19)15-16-26(2,3)21-13-9-6-10-14-21/h5-16,20H,4,17-18H2,1-3H3/b16-15+/t20-/m0/s1. The summed E-state index contributed by atoms with van der Waals surface area (Å²) in [6.07, 6.45) is 2.00. The normalized spacial score (nSPS) is 12.9. The number of ether oxygens (including phenoxy) is 2. The van der Waals surface area contributed by atoms with Crippen molar-refractivity contribution in [2.24, 2.45) is 0 Å². The van der Waals surface area contributed by atoms with Gasteiger partial charge in [0.1, 0.15) is 14.2 Å². The van der Waals surface area contributed by atoms with Gasteiger partial charge in [0.15, 0.2) is 0 Å². The summed E-state index contributed by atoms with van der Waals surface area (Å²) in [6.45, 7) is 7.23. The minimum absolute atomic E-state index is 0.206. The number of rotatable bonds is 9. The molecular formula is C22H28O3Si. The van der Waals surface area contributed by atoms with Crippen LogP contribution in [0.25, 0.3) is 0 Å². The van der Waals surface area contributed by atoms with E-state index in [9.17, 15) is 4.79 Å². The van der Waals surface area contributed by atoms with Crippen LogP contribution in [0.15, 0.2) is 72.4 Å². The Morgan fingerprint density at radius 3 is 2.27 bits per heavy atom. The minimum Gasteiger partial charge on any atom is -0.456 e. The molecule has 2 aromatic rings. The Bertz CT molecular complexity index is 696. The van der Waals surface area contributed by atoms with E-state index in [1.807, 2.05) is 42.5 Å². The number of benzene rings is 2. The molecule has 2 aromatic carbocycles. The zero-order valence-electron chi connectivity index (χ0n) is 15.9. The Hall–Kier alpha value is -2.17. The molecule has 0 radical (unpaired) electrons. The first kappa shape index (κ1) is 20.1. The molecule has 0 saturated heterocycles. The first-order chi connectivity index (χ1) is 12.5. The lowest BCUT2D eigenvalue weighted by Crippen LogP contribution is -2.39. The highest BCUT2D eigenvalue weighted by Gasteiger charge is 2.21. The maximum atomic E-state index is 11.7. The fourth-order valence-corrected chi connectivity index (χ4v) is 4.50. The predicted octanol–water partition coefficient (Wildman–Crippen LogP) is 4.24. The van der Waals surface area contributed by atoms with Gasteiger partial charge in [-0.15, -0.1) is 0 Å². The highest BCUT2D eigenvalue weighted by molar-refractivity contribution is 6.93. The van der Waals surface area contributed by atoms with Gasteiger partial charge < -0.3 is 9.47 Å². The van der Waals surface area contributed by atoms with Crippen LogP contribution in [0.5, 0.6) is 0 Å². The summed E-state index contributed by atoms with van der Waals surface area (Å²) in [7, 11) is -1.73. The summed E-state index contributed by atoms with van der Waals surface area (Å²) in [5.74, 6) is -0.206. The van der Waals surface area contributed by atoms with E-state index in [0.29, 0.717) is 19.6 Å². The number of hydrogen-bond donors (Lipinski definition) is 0. The van der Waals surface area contributed by atoms with Crippen molar-refractivity contribution in [1.29, 1.82) is 0 Å². The van der Waals surface area contributed by atoms with Crippen LogP contribution in [-0.2, 0) is 20.9 Å². The van der Waals surface area contributed by atoms with E-state index in [4.69, 9.17) is 9.47 Å². The number of hydrogen-bond acceptors (Lipinski definition) is 3. The Labute approximate surface area is 157 Å². The van der Waals surface area contributed by atoms with Crippen molar-refractivity contribution in [3.05, 3.63) is 78.0 Å². The molecule has 0 bridgehead atoms. The third-order valence-corrected chi connectivity index (χ3v) is 7.06. The van der Waals surface area contributed by atoms with Crippen LogP contribution < -0.4 is 5.19 Å². The fraction of sp³-hybridized carbons (Fsp3) is 0.318. The second-order valence-corrected chi connectivity index (χ2v) is 11.2. The van der Waals surface area contributed by atoms with Crippen LogP contribution in [0.1, 0.15) is 18.9 Å². The molecule has 2 rings (SSSR count). The third kappa shape index (κ3) is 6.62. The SMILES string of the molecule is CCC(=O)O[C@@H](/C=C/[Si](C)(C)c1ccccc1)COCc1ccccc1. The van der Waals surface area contributed by atoms with Gasteiger partial charge in [0, 0.05) is 6.42 Å². The average molecular weight is 369 g/mol. The summed E-state index contributed by atoms with van der Waals surface area (Å²) in [5, 5.41) is 1.35. The van der Waals surface area contributed by atoms with Crippen molar-refractivity contribution in [3.8, 4) is 0 Å². The molecule has 1 atom stereocenters. The highest BCUT2D eigenvalue weighted by Crippen LogP contribution is 2.09. The topological polar surface area (TPSA) is 35.5 Å².